The van der Waals surface area contributed by atoms with Gasteiger partial charge < -0.3 is 14.8 Å². The van der Waals surface area contributed by atoms with Crippen molar-refractivity contribution < 1.29 is 9.47 Å². The maximum absolute atomic E-state index is 5.47. The Morgan fingerprint density at radius 3 is 2.48 bits per heavy atom. The van der Waals surface area contributed by atoms with E-state index in [4.69, 9.17) is 9.47 Å². The third-order valence-electron chi connectivity index (χ3n) is 5.27. The van der Waals surface area contributed by atoms with E-state index >= 15 is 0 Å². The van der Waals surface area contributed by atoms with Crippen LogP contribution < -0.4 is 14.8 Å². The van der Waals surface area contributed by atoms with Crippen LogP contribution in [0.1, 0.15) is 31.2 Å². The monoisotopic (exact) mass is 313 g/mol. The molecule has 0 aromatic heterocycles. The highest BCUT2D eigenvalue weighted by atomic mass is 16.5. The van der Waals surface area contributed by atoms with Crippen molar-refractivity contribution in [3.8, 4) is 11.5 Å². The second-order valence-corrected chi connectivity index (χ2v) is 6.50. The van der Waals surface area contributed by atoms with Gasteiger partial charge in [0.2, 0.25) is 0 Å². The fourth-order valence-corrected chi connectivity index (χ4v) is 3.94. The van der Waals surface area contributed by atoms with Gasteiger partial charge >= 0.3 is 0 Å². The number of rotatable bonds is 4. The molecule has 2 unspecified atom stereocenters. The smallest absolute Gasteiger partial charge is 0.161 e. The van der Waals surface area contributed by atoms with E-state index in [1.54, 1.807) is 19.8 Å². The van der Waals surface area contributed by atoms with E-state index < -0.39 is 0 Å². The molecule has 0 amide bonds. The predicted molar refractivity (Wildman–Crippen MR) is 94.3 cm³/mol. The molecule has 1 fully saturated rings. The standard InChI is InChI=1S/C20H27NO2/c1-14-17(15-9-11-21-12-10-15)5-4-6-18(14)16-7-8-19(22-2)20(13-16)23-3/h4-8,13-15,18,21H,9-12H2,1-3H3. The van der Waals surface area contributed by atoms with E-state index in [-0.39, 0.29) is 0 Å². The van der Waals surface area contributed by atoms with Gasteiger partial charge in [0.25, 0.3) is 0 Å². The maximum Gasteiger partial charge on any atom is 0.161 e. The van der Waals surface area contributed by atoms with Crippen LogP contribution in [0.5, 0.6) is 11.5 Å². The van der Waals surface area contributed by atoms with E-state index in [1.165, 1.54) is 18.4 Å². The second kappa shape index (κ2) is 7.22. The molecule has 3 rings (SSSR count). The first kappa shape index (κ1) is 16.1. The average molecular weight is 313 g/mol. The van der Waals surface area contributed by atoms with Gasteiger partial charge in [-0.1, -0.05) is 36.8 Å². The molecule has 1 heterocycles. The summed E-state index contributed by atoms with van der Waals surface area (Å²) in [6.07, 6.45) is 9.40. The highest BCUT2D eigenvalue weighted by molar-refractivity contribution is 5.46. The lowest BCUT2D eigenvalue weighted by Crippen LogP contribution is -2.31. The normalized spacial score (nSPS) is 25.1. The van der Waals surface area contributed by atoms with Crippen molar-refractivity contribution in [2.75, 3.05) is 27.3 Å². The zero-order chi connectivity index (χ0) is 16.2. The molecule has 1 aliphatic carbocycles. The van der Waals surface area contributed by atoms with Gasteiger partial charge in [0.1, 0.15) is 0 Å². The molecular formula is C20H27NO2. The lowest BCUT2D eigenvalue weighted by Gasteiger charge is -2.34. The fraction of sp³-hybridized carbons (Fsp3) is 0.500. The third kappa shape index (κ3) is 3.30. The first-order chi connectivity index (χ1) is 11.2. The average Bonchev–Trinajstić information content (AvgIpc) is 2.62. The lowest BCUT2D eigenvalue weighted by atomic mass is 9.73. The summed E-state index contributed by atoms with van der Waals surface area (Å²) in [6, 6.07) is 6.30. The van der Waals surface area contributed by atoms with E-state index in [2.05, 4.69) is 42.6 Å². The molecule has 0 bridgehead atoms. The van der Waals surface area contributed by atoms with Crippen molar-refractivity contribution in [1.29, 1.82) is 0 Å². The van der Waals surface area contributed by atoms with E-state index in [9.17, 15) is 0 Å². The van der Waals surface area contributed by atoms with Crippen LogP contribution in [0.4, 0.5) is 0 Å². The molecule has 0 spiro atoms. The van der Waals surface area contributed by atoms with E-state index in [0.29, 0.717) is 11.8 Å². The number of hydrogen-bond donors (Lipinski definition) is 1. The van der Waals surface area contributed by atoms with Gasteiger partial charge in [0.15, 0.2) is 11.5 Å². The van der Waals surface area contributed by atoms with Crippen LogP contribution in [0.2, 0.25) is 0 Å². The third-order valence-corrected chi connectivity index (χ3v) is 5.27. The van der Waals surface area contributed by atoms with Gasteiger partial charge in [0.05, 0.1) is 14.2 Å². The largest absolute Gasteiger partial charge is 0.493 e. The molecule has 1 aromatic carbocycles. The highest BCUT2D eigenvalue weighted by Crippen LogP contribution is 2.41. The summed E-state index contributed by atoms with van der Waals surface area (Å²) >= 11 is 0. The molecule has 1 aliphatic heterocycles. The molecule has 0 radical (unpaired) electrons. The summed E-state index contributed by atoms with van der Waals surface area (Å²) in [7, 11) is 3.38. The summed E-state index contributed by atoms with van der Waals surface area (Å²) in [5.74, 6) is 3.26. The Balaban J connectivity index is 1.84. The van der Waals surface area contributed by atoms with Crippen molar-refractivity contribution in [3.63, 3.8) is 0 Å². The second-order valence-electron chi connectivity index (χ2n) is 6.50. The Morgan fingerprint density at radius 1 is 1.04 bits per heavy atom. The van der Waals surface area contributed by atoms with Crippen molar-refractivity contribution in [2.24, 2.45) is 11.8 Å². The highest BCUT2D eigenvalue weighted by Gasteiger charge is 2.28. The lowest BCUT2D eigenvalue weighted by molar-refractivity contribution is 0.353. The zero-order valence-electron chi connectivity index (χ0n) is 14.3. The molecule has 3 heteroatoms. The van der Waals surface area contributed by atoms with Crippen molar-refractivity contribution in [2.45, 2.75) is 25.7 Å². The molecule has 1 saturated heterocycles. The quantitative estimate of drug-likeness (QED) is 0.914. The van der Waals surface area contributed by atoms with Crippen LogP contribution in [0, 0.1) is 11.8 Å². The molecule has 3 nitrogen and oxygen atoms in total. The molecule has 0 saturated carbocycles. The minimum Gasteiger partial charge on any atom is -0.493 e. The fourth-order valence-electron chi connectivity index (χ4n) is 3.94. The summed E-state index contributed by atoms with van der Waals surface area (Å²) < 4.78 is 10.8. The molecular weight excluding hydrogens is 286 g/mol. The van der Waals surface area contributed by atoms with Gasteiger partial charge in [-0.2, -0.15) is 0 Å². The van der Waals surface area contributed by atoms with Crippen molar-refractivity contribution in [1.82, 2.24) is 5.32 Å². The van der Waals surface area contributed by atoms with Crippen LogP contribution >= 0.6 is 0 Å². The Hall–Kier alpha value is -1.74. The van der Waals surface area contributed by atoms with Crippen LogP contribution in [0.3, 0.4) is 0 Å². The van der Waals surface area contributed by atoms with Gasteiger partial charge in [-0.3, -0.25) is 0 Å². The van der Waals surface area contributed by atoms with Crippen molar-refractivity contribution >= 4 is 0 Å². The SMILES string of the molecule is COc1ccc(C2C=CC=C(C3CCNCC3)C2C)cc1OC. The van der Waals surface area contributed by atoms with Gasteiger partial charge in [0, 0.05) is 5.92 Å². The summed E-state index contributed by atoms with van der Waals surface area (Å²) in [6.45, 7) is 4.64. The molecule has 1 aromatic rings. The summed E-state index contributed by atoms with van der Waals surface area (Å²) in [5, 5.41) is 3.46. The topological polar surface area (TPSA) is 30.5 Å². The van der Waals surface area contributed by atoms with Gasteiger partial charge in [-0.05, 0) is 55.5 Å². The number of methoxy groups -OCH3 is 2. The Morgan fingerprint density at radius 2 is 1.78 bits per heavy atom. The molecule has 1 N–H and O–H groups in total. The molecule has 2 aliphatic rings. The first-order valence-electron chi connectivity index (χ1n) is 8.55. The number of ether oxygens (including phenoxy) is 2. The number of piperidine rings is 1. The Labute approximate surface area is 139 Å². The Bertz CT molecular complexity index is 600. The van der Waals surface area contributed by atoms with Crippen LogP contribution in [-0.4, -0.2) is 27.3 Å². The first-order valence-corrected chi connectivity index (χ1v) is 8.55. The van der Waals surface area contributed by atoms with E-state index in [1.807, 2.05) is 6.07 Å². The number of nitrogens with one attached hydrogen (secondary N) is 1. The summed E-state index contributed by atoms with van der Waals surface area (Å²) in [4.78, 5) is 0. The van der Waals surface area contributed by atoms with Crippen LogP contribution in [0.25, 0.3) is 0 Å². The van der Waals surface area contributed by atoms with Crippen molar-refractivity contribution in [3.05, 3.63) is 47.6 Å². The predicted octanol–water partition coefficient (Wildman–Crippen LogP) is 3.92. The van der Waals surface area contributed by atoms with E-state index in [0.717, 1.165) is 30.5 Å². The van der Waals surface area contributed by atoms with Crippen LogP contribution in [0.15, 0.2) is 42.0 Å². The summed E-state index contributed by atoms with van der Waals surface area (Å²) in [5.41, 5.74) is 2.90. The number of hydrogen-bond acceptors (Lipinski definition) is 3. The van der Waals surface area contributed by atoms with Crippen LogP contribution in [-0.2, 0) is 0 Å². The molecule has 2 atom stereocenters. The number of benzene rings is 1. The maximum atomic E-state index is 5.47. The van der Waals surface area contributed by atoms with Gasteiger partial charge in [-0.15, -0.1) is 0 Å². The van der Waals surface area contributed by atoms with Gasteiger partial charge in [-0.25, -0.2) is 0 Å². The molecule has 23 heavy (non-hydrogen) atoms. The Kier molecular flexibility index (Phi) is 5.06. The minimum absolute atomic E-state index is 0.407. The molecule has 124 valence electrons. The number of allylic oxidation sites excluding steroid dienone is 4. The minimum atomic E-state index is 0.407. The zero-order valence-corrected chi connectivity index (χ0v) is 14.3.